The van der Waals surface area contributed by atoms with Gasteiger partial charge in [0.15, 0.2) is 15.7 Å². The van der Waals surface area contributed by atoms with Gasteiger partial charge in [0, 0.05) is 43.6 Å². The third kappa shape index (κ3) is 5.34. The summed E-state index contributed by atoms with van der Waals surface area (Å²) in [6.07, 6.45) is 2.39. The molecule has 37 heavy (non-hydrogen) atoms. The molecule has 0 aliphatic carbocycles. The molecular weight excluding hydrogens is 490 g/mol. The molecule has 2 aliphatic heterocycles. The van der Waals surface area contributed by atoms with Gasteiger partial charge in [-0.25, -0.2) is 8.42 Å². The van der Waals surface area contributed by atoms with E-state index in [1.54, 1.807) is 47.5 Å². The summed E-state index contributed by atoms with van der Waals surface area (Å²) >= 11 is 0. The fourth-order valence-electron chi connectivity index (χ4n) is 4.79. The maximum Gasteiger partial charge on any atom is 0.253 e. The molecule has 2 fully saturated rings. The zero-order chi connectivity index (χ0) is 26.0. The van der Waals surface area contributed by atoms with Crippen LogP contribution in [0.25, 0.3) is 0 Å². The van der Waals surface area contributed by atoms with E-state index < -0.39 is 15.1 Å². The molecular formula is C27H29N5O4S. The number of hydrogen-bond acceptors (Lipinski definition) is 7. The summed E-state index contributed by atoms with van der Waals surface area (Å²) in [4.78, 5) is 29.3. The average Bonchev–Trinajstić information content (AvgIpc) is 2.88. The van der Waals surface area contributed by atoms with Crippen LogP contribution in [0.1, 0.15) is 28.8 Å². The number of nitrogens with zero attached hydrogens (tertiary/aromatic N) is 4. The second kappa shape index (κ2) is 10.3. The van der Waals surface area contributed by atoms with Crippen LogP contribution in [0.5, 0.6) is 0 Å². The maximum absolute atomic E-state index is 13.2. The van der Waals surface area contributed by atoms with Gasteiger partial charge in [0.1, 0.15) is 0 Å². The first-order chi connectivity index (χ1) is 17.8. The number of benzene rings is 2. The summed E-state index contributed by atoms with van der Waals surface area (Å²) in [6.45, 7) is 3.86. The minimum Gasteiger partial charge on any atom is -0.353 e. The van der Waals surface area contributed by atoms with Gasteiger partial charge in [-0.1, -0.05) is 17.7 Å². The molecule has 9 nitrogen and oxygen atoms in total. The summed E-state index contributed by atoms with van der Waals surface area (Å²) in [5, 5.41) is 10.2. The number of aryl methyl sites for hydroxylation is 1. The molecule has 1 N–H and O–H groups in total. The number of hydrogen-bond donors (Lipinski definition) is 1. The third-order valence-corrected chi connectivity index (χ3v) is 9.30. The Morgan fingerprint density at radius 3 is 2.35 bits per heavy atom. The highest BCUT2D eigenvalue weighted by atomic mass is 32.2. The smallest absolute Gasteiger partial charge is 0.253 e. The molecule has 2 aliphatic rings. The highest BCUT2D eigenvalue weighted by Gasteiger charge is 2.35. The predicted molar refractivity (Wildman–Crippen MR) is 140 cm³/mol. The summed E-state index contributed by atoms with van der Waals surface area (Å²) in [5.41, 5.74) is 2.20. The van der Waals surface area contributed by atoms with E-state index in [-0.39, 0.29) is 22.6 Å². The lowest BCUT2D eigenvalue weighted by atomic mass is 9.99. The Balaban J connectivity index is 1.14. The largest absolute Gasteiger partial charge is 0.353 e. The molecule has 0 saturated carbocycles. The normalized spacial score (nSPS) is 16.8. The van der Waals surface area contributed by atoms with E-state index in [1.807, 2.05) is 36.1 Å². The molecule has 2 amide bonds. The van der Waals surface area contributed by atoms with Crippen LogP contribution >= 0.6 is 0 Å². The first kappa shape index (κ1) is 24.9. The van der Waals surface area contributed by atoms with E-state index in [2.05, 4.69) is 15.5 Å². The molecule has 0 spiro atoms. The summed E-state index contributed by atoms with van der Waals surface area (Å²) < 4.78 is 26.5. The molecule has 2 aromatic carbocycles. The van der Waals surface area contributed by atoms with Crippen molar-refractivity contribution < 1.29 is 18.0 Å². The number of rotatable bonds is 6. The molecule has 0 atom stereocenters. The van der Waals surface area contributed by atoms with E-state index in [0.29, 0.717) is 50.3 Å². The first-order valence-electron chi connectivity index (χ1n) is 12.3. The predicted octanol–water partition coefficient (Wildman–Crippen LogP) is 2.94. The minimum absolute atomic E-state index is 0.0640. The van der Waals surface area contributed by atoms with Crippen LogP contribution in [0.2, 0.25) is 0 Å². The number of carbonyl (C=O) groups is 2. The van der Waals surface area contributed by atoms with Crippen LogP contribution < -0.4 is 10.2 Å². The third-order valence-electron chi connectivity index (χ3n) is 7.02. The van der Waals surface area contributed by atoms with Crippen LogP contribution in [0.3, 0.4) is 0 Å². The van der Waals surface area contributed by atoms with Gasteiger partial charge in [0.05, 0.1) is 16.1 Å². The molecule has 0 bridgehead atoms. The lowest BCUT2D eigenvalue weighted by Crippen LogP contribution is -2.52. The summed E-state index contributed by atoms with van der Waals surface area (Å²) in [5.74, 6) is 0.400. The van der Waals surface area contributed by atoms with E-state index in [9.17, 15) is 18.0 Å². The van der Waals surface area contributed by atoms with Crippen molar-refractivity contribution in [2.75, 3.05) is 36.4 Å². The quantitative estimate of drug-likeness (QED) is 0.533. The monoisotopic (exact) mass is 519 g/mol. The fourth-order valence-corrected chi connectivity index (χ4v) is 6.52. The second-order valence-electron chi connectivity index (χ2n) is 9.60. The maximum atomic E-state index is 13.2. The van der Waals surface area contributed by atoms with E-state index in [1.165, 1.54) is 0 Å². The zero-order valence-corrected chi connectivity index (χ0v) is 21.4. The molecule has 1 aromatic heterocycles. The Morgan fingerprint density at radius 1 is 0.973 bits per heavy atom. The van der Waals surface area contributed by atoms with Gasteiger partial charge >= 0.3 is 0 Å². The first-order valence-corrected chi connectivity index (χ1v) is 13.9. The van der Waals surface area contributed by atoms with Crippen molar-refractivity contribution in [1.29, 1.82) is 0 Å². The average molecular weight is 520 g/mol. The van der Waals surface area contributed by atoms with Gasteiger partial charge in [-0.05, 0) is 68.3 Å². The number of piperidine rings is 1. The fraction of sp³-hybridized carbons (Fsp3) is 0.333. The zero-order valence-electron chi connectivity index (χ0n) is 20.6. The van der Waals surface area contributed by atoms with Crippen molar-refractivity contribution in [3.8, 4) is 0 Å². The van der Waals surface area contributed by atoms with Gasteiger partial charge in [0.2, 0.25) is 5.91 Å². The van der Waals surface area contributed by atoms with Crippen LogP contribution in [-0.4, -0.2) is 66.8 Å². The molecule has 3 aromatic rings. The van der Waals surface area contributed by atoms with Crippen LogP contribution in [0.15, 0.2) is 71.8 Å². The molecule has 0 radical (unpaired) electrons. The summed E-state index contributed by atoms with van der Waals surface area (Å²) in [6, 6.07) is 17.4. The summed E-state index contributed by atoms with van der Waals surface area (Å²) in [7, 11) is -3.55. The Kier molecular flexibility index (Phi) is 6.92. The molecule has 5 rings (SSSR count). The molecule has 2 saturated heterocycles. The Bertz CT molecular complexity index is 1380. The Morgan fingerprint density at radius 2 is 1.70 bits per heavy atom. The Labute approximate surface area is 216 Å². The van der Waals surface area contributed by atoms with Crippen LogP contribution in [0, 0.1) is 12.8 Å². The Hall–Kier alpha value is -3.79. The van der Waals surface area contributed by atoms with Gasteiger partial charge < -0.3 is 15.1 Å². The highest BCUT2D eigenvalue weighted by Crippen LogP contribution is 2.27. The van der Waals surface area contributed by atoms with Crippen LogP contribution in [0.4, 0.5) is 11.5 Å². The van der Waals surface area contributed by atoms with Crippen molar-refractivity contribution in [1.82, 2.24) is 15.1 Å². The number of amides is 2. The number of carbonyl (C=O) groups excluding carboxylic acids is 2. The molecule has 192 valence electrons. The van der Waals surface area contributed by atoms with Crippen molar-refractivity contribution in [3.63, 3.8) is 0 Å². The van der Waals surface area contributed by atoms with Gasteiger partial charge in [0.25, 0.3) is 5.91 Å². The number of aromatic nitrogens is 2. The second-order valence-corrected chi connectivity index (χ2v) is 11.8. The van der Waals surface area contributed by atoms with E-state index in [4.69, 9.17) is 0 Å². The number of anilines is 2. The number of likely N-dealkylation sites (tertiary alicyclic amines) is 1. The van der Waals surface area contributed by atoms with Crippen LogP contribution in [-0.2, 0) is 14.6 Å². The molecule has 3 heterocycles. The van der Waals surface area contributed by atoms with Crippen molar-refractivity contribution in [3.05, 3.63) is 78.0 Å². The van der Waals surface area contributed by atoms with Gasteiger partial charge in [-0.2, -0.15) is 5.10 Å². The highest BCUT2D eigenvalue weighted by molar-refractivity contribution is 7.92. The van der Waals surface area contributed by atoms with Crippen molar-refractivity contribution >= 4 is 33.2 Å². The minimum atomic E-state index is -3.55. The molecule has 10 heteroatoms. The lowest BCUT2D eigenvalue weighted by molar-refractivity contribution is -0.120. The number of nitrogens with one attached hydrogen (secondary N) is 1. The van der Waals surface area contributed by atoms with Crippen molar-refractivity contribution in [2.24, 2.45) is 5.92 Å². The van der Waals surface area contributed by atoms with E-state index in [0.717, 1.165) is 11.4 Å². The van der Waals surface area contributed by atoms with Gasteiger partial charge in [-0.3, -0.25) is 9.59 Å². The standard InChI is InChI=1S/C27H29N5O4S/c1-19-4-2-5-20(16-19)27(34)31-14-11-24(12-15-31)37(35,36)23-9-7-22(8-10-23)29-26(33)21-17-32(18-21)25-6-3-13-28-30-25/h2-10,13,16,21,24H,11-12,14-15,17-18H2,1H3,(H,29,33). The van der Waals surface area contributed by atoms with Crippen molar-refractivity contribution in [2.45, 2.75) is 29.9 Å². The van der Waals surface area contributed by atoms with Gasteiger partial charge in [-0.15, -0.1) is 5.10 Å². The SMILES string of the molecule is Cc1cccc(C(=O)N2CCC(S(=O)(=O)c3ccc(NC(=O)C4CN(c5cccnn5)C4)cc3)CC2)c1. The van der Waals surface area contributed by atoms with E-state index >= 15 is 0 Å². The topological polar surface area (TPSA) is 113 Å². The lowest BCUT2D eigenvalue weighted by Gasteiger charge is -2.38. The molecule has 0 unspecified atom stereocenters. The number of sulfone groups is 1.